The van der Waals surface area contributed by atoms with Crippen LogP contribution in [0.1, 0.15) is 0 Å². The van der Waals surface area contributed by atoms with Gasteiger partial charge >= 0.3 is 0 Å². The number of nitrogens with zero attached hydrogens (tertiary/aromatic N) is 1. The Morgan fingerprint density at radius 3 is 1.43 bits per heavy atom. The molecule has 0 radical (unpaired) electrons. The van der Waals surface area contributed by atoms with Crippen molar-refractivity contribution in [1.29, 1.82) is 0 Å². The standard InChI is InChI=1S/C26H24NO2P/c1-28-21-18-19-25(26(20-21)29-2)27-30(22-12-6-3-7-13-22,23-14-8-4-9-15-23)24-16-10-5-11-17-24/h3-20H,1-2H3. The summed E-state index contributed by atoms with van der Waals surface area (Å²) in [5.74, 6) is 1.44. The van der Waals surface area contributed by atoms with Gasteiger partial charge < -0.3 is 9.47 Å². The average molecular weight is 413 g/mol. The monoisotopic (exact) mass is 413 g/mol. The van der Waals surface area contributed by atoms with E-state index < -0.39 is 7.05 Å². The summed E-state index contributed by atoms with van der Waals surface area (Å²) < 4.78 is 16.5. The second kappa shape index (κ2) is 9.02. The summed E-state index contributed by atoms with van der Waals surface area (Å²) in [5, 5.41) is 3.58. The third-order valence-corrected chi connectivity index (χ3v) is 8.69. The van der Waals surface area contributed by atoms with Crippen molar-refractivity contribution in [3.8, 4) is 11.5 Å². The molecule has 0 N–H and O–H groups in total. The predicted octanol–water partition coefficient (Wildman–Crippen LogP) is 5.51. The highest BCUT2D eigenvalue weighted by atomic mass is 31.2. The van der Waals surface area contributed by atoms with Crippen LogP contribution in [0.4, 0.5) is 5.69 Å². The summed E-state index contributed by atoms with van der Waals surface area (Å²) in [5.41, 5.74) is 0.809. The van der Waals surface area contributed by atoms with Gasteiger partial charge in [-0.1, -0.05) is 91.0 Å². The van der Waals surface area contributed by atoms with E-state index in [0.717, 1.165) is 11.4 Å². The second-order valence-corrected chi connectivity index (χ2v) is 9.80. The van der Waals surface area contributed by atoms with E-state index in [1.807, 2.05) is 36.4 Å². The molecule has 0 aliphatic heterocycles. The van der Waals surface area contributed by atoms with E-state index in [2.05, 4.69) is 72.8 Å². The van der Waals surface area contributed by atoms with Gasteiger partial charge in [-0.05, 0) is 12.1 Å². The van der Waals surface area contributed by atoms with E-state index in [1.165, 1.54) is 15.9 Å². The van der Waals surface area contributed by atoms with Gasteiger partial charge in [-0.2, -0.15) is 0 Å². The van der Waals surface area contributed by atoms with E-state index in [4.69, 9.17) is 14.2 Å². The number of rotatable bonds is 6. The minimum Gasteiger partial charge on any atom is -0.497 e. The summed E-state index contributed by atoms with van der Waals surface area (Å²) in [4.78, 5) is 0. The molecule has 0 fully saturated rings. The Labute approximate surface area is 178 Å². The Morgan fingerprint density at radius 2 is 1.03 bits per heavy atom. The molecule has 4 heteroatoms. The maximum absolute atomic E-state index is 5.69. The lowest BCUT2D eigenvalue weighted by Crippen LogP contribution is -2.25. The fraction of sp³-hybridized carbons (Fsp3) is 0.0769. The van der Waals surface area contributed by atoms with Gasteiger partial charge in [0.25, 0.3) is 0 Å². The molecule has 0 aliphatic carbocycles. The molecule has 0 aliphatic rings. The normalized spacial score (nSPS) is 11.0. The molecule has 3 nitrogen and oxygen atoms in total. The Bertz CT molecular complexity index is 1060. The van der Waals surface area contributed by atoms with Crippen molar-refractivity contribution in [2.45, 2.75) is 0 Å². The lowest BCUT2D eigenvalue weighted by atomic mass is 10.3. The fourth-order valence-corrected chi connectivity index (χ4v) is 7.12. The summed E-state index contributed by atoms with van der Waals surface area (Å²) in [6.45, 7) is 0. The SMILES string of the molecule is COc1ccc(N=P(c2ccccc2)(c2ccccc2)c2ccccc2)c(OC)c1. The summed E-state index contributed by atoms with van der Waals surface area (Å²) in [7, 11) is 0.987. The highest BCUT2D eigenvalue weighted by Crippen LogP contribution is 2.51. The molecule has 4 aromatic rings. The third kappa shape index (κ3) is 3.77. The third-order valence-electron chi connectivity index (χ3n) is 5.03. The van der Waals surface area contributed by atoms with E-state index in [0.29, 0.717) is 5.75 Å². The minimum atomic E-state index is -2.33. The van der Waals surface area contributed by atoms with E-state index >= 15 is 0 Å². The molecule has 0 saturated carbocycles. The fourth-order valence-electron chi connectivity index (χ4n) is 3.58. The van der Waals surface area contributed by atoms with Gasteiger partial charge in [-0.15, -0.1) is 0 Å². The van der Waals surface area contributed by atoms with Crippen LogP contribution in [0.15, 0.2) is 114 Å². The first-order valence-corrected chi connectivity index (χ1v) is 11.5. The number of ether oxygens (including phenoxy) is 2. The summed E-state index contributed by atoms with van der Waals surface area (Å²) >= 11 is 0. The maximum Gasteiger partial charge on any atom is 0.148 e. The largest absolute Gasteiger partial charge is 0.497 e. The molecule has 4 rings (SSSR count). The quantitative estimate of drug-likeness (QED) is 0.390. The van der Waals surface area contributed by atoms with Crippen LogP contribution in [0, 0.1) is 0 Å². The van der Waals surface area contributed by atoms with Crippen LogP contribution in [-0.4, -0.2) is 14.2 Å². The zero-order valence-corrected chi connectivity index (χ0v) is 18.0. The molecule has 0 bridgehead atoms. The Morgan fingerprint density at radius 1 is 0.567 bits per heavy atom. The number of hydrogen-bond acceptors (Lipinski definition) is 3. The lowest BCUT2D eigenvalue weighted by Gasteiger charge is -2.27. The van der Waals surface area contributed by atoms with Crippen LogP contribution >= 0.6 is 7.05 Å². The van der Waals surface area contributed by atoms with Gasteiger partial charge in [0, 0.05) is 22.0 Å². The number of hydrogen-bond donors (Lipinski definition) is 0. The van der Waals surface area contributed by atoms with Gasteiger partial charge in [-0.3, -0.25) is 0 Å². The van der Waals surface area contributed by atoms with Crippen LogP contribution in [-0.2, 0) is 0 Å². The van der Waals surface area contributed by atoms with Crippen molar-refractivity contribution in [2.24, 2.45) is 4.74 Å². The van der Waals surface area contributed by atoms with Gasteiger partial charge in [0.05, 0.1) is 21.3 Å². The van der Waals surface area contributed by atoms with Crippen LogP contribution in [0.25, 0.3) is 0 Å². The molecule has 4 aromatic carbocycles. The van der Waals surface area contributed by atoms with Gasteiger partial charge in [0.15, 0.2) is 0 Å². The molecule has 30 heavy (non-hydrogen) atoms. The van der Waals surface area contributed by atoms with Crippen molar-refractivity contribution in [2.75, 3.05) is 14.2 Å². The zero-order valence-electron chi connectivity index (χ0n) is 17.1. The number of methoxy groups -OCH3 is 2. The van der Waals surface area contributed by atoms with E-state index in [1.54, 1.807) is 14.2 Å². The first-order chi connectivity index (χ1) is 14.8. The van der Waals surface area contributed by atoms with Crippen molar-refractivity contribution in [3.63, 3.8) is 0 Å². The first kappa shape index (κ1) is 20.0. The van der Waals surface area contributed by atoms with E-state index in [-0.39, 0.29) is 0 Å². The molecule has 0 aromatic heterocycles. The van der Waals surface area contributed by atoms with Gasteiger partial charge in [0.2, 0.25) is 0 Å². The molecule has 0 amide bonds. The van der Waals surface area contributed by atoms with Crippen molar-refractivity contribution in [3.05, 3.63) is 109 Å². The summed E-state index contributed by atoms with van der Waals surface area (Å²) in [6, 6.07) is 37.4. The minimum absolute atomic E-state index is 0.696. The van der Waals surface area contributed by atoms with Crippen molar-refractivity contribution < 1.29 is 9.47 Å². The predicted molar refractivity (Wildman–Crippen MR) is 127 cm³/mol. The van der Waals surface area contributed by atoms with Crippen molar-refractivity contribution >= 4 is 28.7 Å². The van der Waals surface area contributed by atoms with Gasteiger partial charge in [0.1, 0.15) is 17.2 Å². The van der Waals surface area contributed by atoms with Gasteiger partial charge in [-0.25, -0.2) is 4.74 Å². The second-order valence-electron chi connectivity index (χ2n) is 6.78. The molecule has 0 unspecified atom stereocenters. The first-order valence-electron chi connectivity index (χ1n) is 9.79. The molecular weight excluding hydrogens is 389 g/mol. The highest BCUT2D eigenvalue weighted by Gasteiger charge is 2.27. The lowest BCUT2D eigenvalue weighted by molar-refractivity contribution is 0.395. The molecule has 150 valence electrons. The maximum atomic E-state index is 5.69. The Kier molecular flexibility index (Phi) is 6.02. The Hall–Kier alpha value is -3.29. The molecule has 0 saturated heterocycles. The van der Waals surface area contributed by atoms with Crippen molar-refractivity contribution in [1.82, 2.24) is 0 Å². The Balaban J connectivity index is 2.12. The summed E-state index contributed by atoms with van der Waals surface area (Å²) in [6.07, 6.45) is 0. The van der Waals surface area contributed by atoms with Crippen LogP contribution in [0.3, 0.4) is 0 Å². The molecular formula is C26H24NO2P. The topological polar surface area (TPSA) is 30.8 Å². The molecule has 0 heterocycles. The molecule has 0 spiro atoms. The van der Waals surface area contributed by atoms with E-state index in [9.17, 15) is 0 Å². The van der Waals surface area contributed by atoms with Crippen LogP contribution in [0.2, 0.25) is 0 Å². The zero-order chi connectivity index (χ0) is 20.8. The number of benzene rings is 4. The van der Waals surface area contributed by atoms with Crippen LogP contribution < -0.4 is 25.4 Å². The highest BCUT2D eigenvalue weighted by molar-refractivity contribution is 7.87. The average Bonchev–Trinajstić information content (AvgIpc) is 2.84. The molecule has 0 atom stereocenters. The van der Waals surface area contributed by atoms with Crippen LogP contribution in [0.5, 0.6) is 11.5 Å². The smallest absolute Gasteiger partial charge is 0.148 e.